The summed E-state index contributed by atoms with van der Waals surface area (Å²) in [6, 6.07) is 12.2. The Kier molecular flexibility index (Phi) is 4.48. The summed E-state index contributed by atoms with van der Waals surface area (Å²) in [5, 5.41) is 4.31. The molecule has 0 amide bonds. The molecule has 0 aliphatic heterocycles. The van der Waals surface area contributed by atoms with Crippen LogP contribution in [0.1, 0.15) is 19.1 Å². The predicted octanol–water partition coefficient (Wildman–Crippen LogP) is 4.61. The van der Waals surface area contributed by atoms with Crippen molar-refractivity contribution in [3.05, 3.63) is 54.3 Å². The van der Waals surface area contributed by atoms with Crippen LogP contribution >= 0.6 is 11.3 Å². The second-order valence-electron chi connectivity index (χ2n) is 4.79. The van der Waals surface area contributed by atoms with E-state index < -0.39 is 0 Å². The third-order valence-electron chi connectivity index (χ3n) is 3.19. The lowest BCUT2D eigenvalue weighted by Crippen LogP contribution is -2.13. The standard InChI is InChI=1S/C17H18N2OS/c1-2-3-6-11-18-12-13-9-10-15(20-13)17-19-14-7-4-5-8-16(14)21-17/h2-5,7-10,18H,6,11-12H2,1H3/b3-2+. The smallest absolute Gasteiger partial charge is 0.163 e. The van der Waals surface area contributed by atoms with Crippen LogP contribution in [-0.4, -0.2) is 11.5 Å². The molecule has 0 spiro atoms. The second-order valence-corrected chi connectivity index (χ2v) is 5.82. The molecule has 0 fully saturated rings. The van der Waals surface area contributed by atoms with Crippen molar-refractivity contribution in [2.24, 2.45) is 0 Å². The number of allylic oxidation sites excluding steroid dienone is 1. The topological polar surface area (TPSA) is 38.1 Å². The van der Waals surface area contributed by atoms with Gasteiger partial charge >= 0.3 is 0 Å². The highest BCUT2D eigenvalue weighted by Gasteiger charge is 2.10. The van der Waals surface area contributed by atoms with Crippen LogP contribution in [0.5, 0.6) is 0 Å². The lowest BCUT2D eigenvalue weighted by molar-refractivity contribution is 0.495. The van der Waals surface area contributed by atoms with Crippen molar-refractivity contribution < 1.29 is 4.42 Å². The highest BCUT2D eigenvalue weighted by molar-refractivity contribution is 7.21. The fourth-order valence-corrected chi connectivity index (χ4v) is 3.06. The quantitative estimate of drug-likeness (QED) is 0.533. The molecule has 2 heterocycles. The SMILES string of the molecule is C/C=C/CCNCc1ccc(-c2nc3ccccc3s2)o1. The van der Waals surface area contributed by atoms with Crippen LogP contribution in [0.3, 0.4) is 0 Å². The third kappa shape index (κ3) is 3.40. The normalized spacial score (nSPS) is 11.7. The Morgan fingerprint density at radius 2 is 2.14 bits per heavy atom. The van der Waals surface area contributed by atoms with Gasteiger partial charge in [0.1, 0.15) is 5.76 Å². The van der Waals surface area contributed by atoms with Crippen LogP contribution in [-0.2, 0) is 6.54 Å². The van der Waals surface area contributed by atoms with Crippen molar-refractivity contribution in [1.82, 2.24) is 10.3 Å². The molecule has 3 rings (SSSR count). The molecule has 0 atom stereocenters. The molecule has 1 aromatic carbocycles. The number of rotatable bonds is 6. The Hall–Kier alpha value is -1.91. The Labute approximate surface area is 128 Å². The Balaban J connectivity index is 1.66. The Morgan fingerprint density at radius 3 is 3.00 bits per heavy atom. The van der Waals surface area contributed by atoms with Gasteiger partial charge in [0.2, 0.25) is 0 Å². The predicted molar refractivity (Wildman–Crippen MR) is 88.5 cm³/mol. The second kappa shape index (κ2) is 6.70. The molecule has 3 nitrogen and oxygen atoms in total. The number of furan rings is 1. The maximum atomic E-state index is 5.87. The molecule has 0 saturated heterocycles. The van der Waals surface area contributed by atoms with Gasteiger partial charge < -0.3 is 9.73 Å². The van der Waals surface area contributed by atoms with Crippen LogP contribution in [0.15, 0.2) is 53.0 Å². The summed E-state index contributed by atoms with van der Waals surface area (Å²) in [7, 11) is 0. The van der Waals surface area contributed by atoms with Crippen molar-refractivity contribution in [2.75, 3.05) is 6.54 Å². The van der Waals surface area contributed by atoms with Crippen LogP contribution in [0, 0.1) is 0 Å². The average Bonchev–Trinajstić information content (AvgIpc) is 3.13. The van der Waals surface area contributed by atoms with Crippen LogP contribution in [0.25, 0.3) is 21.0 Å². The van der Waals surface area contributed by atoms with E-state index in [0.717, 1.165) is 41.6 Å². The molecular weight excluding hydrogens is 280 g/mol. The van der Waals surface area contributed by atoms with Crippen molar-refractivity contribution >= 4 is 21.6 Å². The number of para-hydroxylation sites is 1. The van der Waals surface area contributed by atoms with Gasteiger partial charge in [-0.1, -0.05) is 24.3 Å². The van der Waals surface area contributed by atoms with Gasteiger partial charge in [-0.05, 0) is 44.2 Å². The number of hydrogen-bond acceptors (Lipinski definition) is 4. The molecule has 4 heteroatoms. The number of benzene rings is 1. The van der Waals surface area contributed by atoms with E-state index in [1.165, 1.54) is 4.70 Å². The molecule has 0 aliphatic rings. The molecule has 0 bridgehead atoms. The largest absolute Gasteiger partial charge is 0.457 e. The minimum Gasteiger partial charge on any atom is -0.457 e. The van der Waals surface area contributed by atoms with E-state index in [4.69, 9.17) is 4.42 Å². The first-order valence-electron chi connectivity index (χ1n) is 7.13. The minimum atomic E-state index is 0.752. The van der Waals surface area contributed by atoms with Crippen molar-refractivity contribution in [3.63, 3.8) is 0 Å². The highest BCUT2D eigenvalue weighted by Crippen LogP contribution is 2.30. The van der Waals surface area contributed by atoms with Crippen LogP contribution in [0.2, 0.25) is 0 Å². The maximum Gasteiger partial charge on any atom is 0.163 e. The van der Waals surface area contributed by atoms with Gasteiger partial charge in [0, 0.05) is 0 Å². The van der Waals surface area contributed by atoms with Gasteiger partial charge in [-0.15, -0.1) is 11.3 Å². The number of nitrogens with one attached hydrogen (secondary N) is 1. The summed E-state index contributed by atoms with van der Waals surface area (Å²) >= 11 is 1.66. The molecule has 1 N–H and O–H groups in total. The van der Waals surface area contributed by atoms with Gasteiger partial charge in [-0.2, -0.15) is 0 Å². The lowest BCUT2D eigenvalue weighted by atomic mass is 10.3. The van der Waals surface area contributed by atoms with Gasteiger partial charge in [-0.25, -0.2) is 4.98 Å². The highest BCUT2D eigenvalue weighted by atomic mass is 32.1. The summed E-state index contributed by atoms with van der Waals surface area (Å²) < 4.78 is 7.06. The van der Waals surface area contributed by atoms with E-state index in [1.807, 2.05) is 37.3 Å². The van der Waals surface area contributed by atoms with Gasteiger partial charge in [0.05, 0.1) is 16.8 Å². The first kappa shape index (κ1) is 14.0. The summed E-state index contributed by atoms with van der Waals surface area (Å²) in [5.74, 6) is 1.80. The van der Waals surface area contributed by atoms with Gasteiger partial charge in [0.25, 0.3) is 0 Å². The van der Waals surface area contributed by atoms with E-state index in [0.29, 0.717) is 0 Å². The Bertz CT molecular complexity index is 709. The van der Waals surface area contributed by atoms with Crippen molar-refractivity contribution in [1.29, 1.82) is 0 Å². The molecule has 0 unspecified atom stereocenters. The zero-order chi connectivity index (χ0) is 14.5. The minimum absolute atomic E-state index is 0.752. The van der Waals surface area contributed by atoms with Crippen LogP contribution < -0.4 is 5.32 Å². The zero-order valence-electron chi connectivity index (χ0n) is 12.0. The van der Waals surface area contributed by atoms with E-state index in [2.05, 4.69) is 28.5 Å². The van der Waals surface area contributed by atoms with E-state index in [-0.39, 0.29) is 0 Å². The van der Waals surface area contributed by atoms with Gasteiger partial charge in [-0.3, -0.25) is 0 Å². The van der Waals surface area contributed by atoms with Crippen molar-refractivity contribution in [3.8, 4) is 10.8 Å². The fraction of sp³-hybridized carbons (Fsp3) is 0.235. The first-order chi connectivity index (χ1) is 10.4. The molecule has 0 aliphatic carbocycles. The zero-order valence-corrected chi connectivity index (χ0v) is 12.8. The van der Waals surface area contributed by atoms with Crippen LogP contribution in [0.4, 0.5) is 0 Å². The summed E-state index contributed by atoms with van der Waals surface area (Å²) in [6.45, 7) is 3.75. The molecule has 108 valence electrons. The monoisotopic (exact) mass is 298 g/mol. The summed E-state index contributed by atoms with van der Waals surface area (Å²) in [6.07, 6.45) is 5.27. The fourth-order valence-electron chi connectivity index (χ4n) is 2.13. The molecule has 0 saturated carbocycles. The third-order valence-corrected chi connectivity index (χ3v) is 4.24. The molecule has 21 heavy (non-hydrogen) atoms. The summed E-state index contributed by atoms with van der Waals surface area (Å²) in [5.41, 5.74) is 1.03. The maximum absolute atomic E-state index is 5.87. The molecule has 0 radical (unpaired) electrons. The number of nitrogens with zero attached hydrogens (tertiary/aromatic N) is 1. The number of aromatic nitrogens is 1. The summed E-state index contributed by atoms with van der Waals surface area (Å²) in [4.78, 5) is 4.61. The number of fused-ring (bicyclic) bond motifs is 1. The molecular formula is C17H18N2OS. The van der Waals surface area contributed by atoms with E-state index in [1.54, 1.807) is 11.3 Å². The number of hydrogen-bond donors (Lipinski definition) is 1. The van der Waals surface area contributed by atoms with E-state index >= 15 is 0 Å². The van der Waals surface area contributed by atoms with E-state index in [9.17, 15) is 0 Å². The molecule has 2 aromatic heterocycles. The van der Waals surface area contributed by atoms with Gasteiger partial charge in [0.15, 0.2) is 10.8 Å². The average molecular weight is 298 g/mol. The van der Waals surface area contributed by atoms with Crippen molar-refractivity contribution in [2.45, 2.75) is 19.9 Å². The lowest BCUT2D eigenvalue weighted by Gasteiger charge is -1.99. The number of thiazole rings is 1. The Morgan fingerprint density at radius 1 is 1.24 bits per heavy atom. The molecule has 3 aromatic rings. The first-order valence-corrected chi connectivity index (χ1v) is 7.95.